The van der Waals surface area contributed by atoms with Gasteiger partial charge in [-0.1, -0.05) is 5.10 Å². The molecule has 1 heterocycles. The Morgan fingerprint density at radius 3 is 2.62 bits per heavy atom. The number of nitrogens with one attached hydrogen (secondary N) is 1. The molecule has 26 heavy (non-hydrogen) atoms. The molecule has 1 aromatic carbocycles. The molecule has 0 aromatic heterocycles. The van der Waals surface area contributed by atoms with Crippen molar-refractivity contribution in [1.82, 2.24) is 0 Å². The molecule has 0 saturated carbocycles. The summed E-state index contributed by atoms with van der Waals surface area (Å²) in [5.41, 5.74) is 8.08. The zero-order valence-electron chi connectivity index (χ0n) is 15.2. The number of aliphatic hydroxyl groups is 1. The number of sulfonamides is 1. The highest BCUT2D eigenvalue weighted by Gasteiger charge is 2.22. The average molecular weight is 381 g/mol. The lowest BCUT2D eigenvalue weighted by molar-refractivity contribution is -0.532. The van der Waals surface area contributed by atoms with E-state index in [9.17, 15) is 8.42 Å². The van der Waals surface area contributed by atoms with Crippen LogP contribution in [-0.2, 0) is 10.0 Å². The van der Waals surface area contributed by atoms with Gasteiger partial charge in [-0.05, 0) is 32.0 Å². The van der Waals surface area contributed by atoms with Gasteiger partial charge in [0, 0.05) is 18.8 Å². The fourth-order valence-electron chi connectivity index (χ4n) is 2.56. The molecule has 4 N–H and O–H groups in total. The van der Waals surface area contributed by atoms with Crippen molar-refractivity contribution >= 4 is 44.8 Å². The lowest BCUT2D eigenvalue weighted by atomic mass is 10.2. The van der Waals surface area contributed by atoms with Gasteiger partial charge < -0.3 is 10.0 Å². The Balaban J connectivity index is 2.48. The van der Waals surface area contributed by atoms with E-state index in [1.165, 1.54) is 10.9 Å². The standard InChI is InChI=1S/C16H24N6O3S/c1-4-21(5-2)12-6-7-13(14(10-12)20-26(3,24)25)19-15-11-18-22(8-9-23)16(15)17/h6-7,10-11,23H,4-5,8-9H2,1-3H3,(H2,17,18,20)/p+1. The van der Waals surface area contributed by atoms with Crippen LogP contribution in [0.1, 0.15) is 13.8 Å². The van der Waals surface area contributed by atoms with E-state index in [-0.39, 0.29) is 13.2 Å². The lowest BCUT2D eigenvalue weighted by Crippen LogP contribution is -2.30. The molecule has 0 radical (unpaired) electrons. The van der Waals surface area contributed by atoms with E-state index < -0.39 is 10.0 Å². The number of amidine groups is 1. The molecule has 0 aliphatic carbocycles. The third kappa shape index (κ3) is 4.79. The summed E-state index contributed by atoms with van der Waals surface area (Å²) in [6.45, 7) is 5.82. The van der Waals surface area contributed by atoms with E-state index in [4.69, 9.17) is 10.8 Å². The zero-order chi connectivity index (χ0) is 19.3. The van der Waals surface area contributed by atoms with Crippen molar-refractivity contribution in [1.29, 1.82) is 0 Å². The van der Waals surface area contributed by atoms with Crippen LogP contribution in [0, 0.1) is 0 Å². The van der Waals surface area contributed by atoms with Crippen molar-refractivity contribution in [2.45, 2.75) is 13.8 Å². The van der Waals surface area contributed by atoms with E-state index in [1.807, 2.05) is 19.9 Å². The van der Waals surface area contributed by atoms with Gasteiger partial charge in [-0.25, -0.2) is 13.4 Å². The zero-order valence-corrected chi connectivity index (χ0v) is 16.0. The number of hydrogen-bond donors (Lipinski definition) is 3. The lowest BCUT2D eigenvalue weighted by Gasteiger charge is -2.22. The van der Waals surface area contributed by atoms with Crippen LogP contribution in [0.15, 0.2) is 28.3 Å². The second-order valence-corrected chi connectivity index (χ2v) is 7.47. The van der Waals surface area contributed by atoms with Crippen LogP contribution in [0.4, 0.5) is 17.1 Å². The van der Waals surface area contributed by atoms with Crippen LogP contribution in [0.5, 0.6) is 0 Å². The molecule has 0 unspecified atom stereocenters. The SMILES string of the molecule is CCN(CC)c1ccc(N=C2C=N[N+](CCO)=C2N)c(NS(C)(=O)=O)c1. The first-order chi connectivity index (χ1) is 12.3. The molecule has 9 nitrogen and oxygen atoms in total. The van der Waals surface area contributed by atoms with Crippen molar-refractivity contribution in [3.8, 4) is 0 Å². The molecule has 0 amide bonds. The van der Waals surface area contributed by atoms with Gasteiger partial charge in [0.05, 0.1) is 24.2 Å². The maximum absolute atomic E-state index is 11.7. The summed E-state index contributed by atoms with van der Waals surface area (Å²) in [6, 6.07) is 5.37. The summed E-state index contributed by atoms with van der Waals surface area (Å²) in [7, 11) is -3.48. The Labute approximate surface area is 153 Å². The number of nitrogens with two attached hydrogens (primary N) is 1. The summed E-state index contributed by atoms with van der Waals surface area (Å²) < 4.78 is 27.4. The Kier molecular flexibility index (Phi) is 6.32. The molecule has 1 aliphatic rings. The van der Waals surface area contributed by atoms with Gasteiger partial charge in [0.1, 0.15) is 12.8 Å². The van der Waals surface area contributed by atoms with E-state index >= 15 is 0 Å². The molecule has 1 aromatic rings. The van der Waals surface area contributed by atoms with E-state index in [0.29, 0.717) is 22.9 Å². The first-order valence-corrected chi connectivity index (χ1v) is 10.2. The maximum Gasteiger partial charge on any atom is 0.321 e. The number of β-amino-alcohol motifs (C(OH)–C–C–N with tert-alkyl or cyclic N) is 1. The molecular weight excluding hydrogens is 356 g/mol. The van der Waals surface area contributed by atoms with E-state index in [2.05, 4.69) is 19.7 Å². The van der Waals surface area contributed by atoms with Gasteiger partial charge in [-0.2, -0.15) is 0 Å². The molecule has 0 saturated heterocycles. The first kappa shape index (κ1) is 19.9. The number of aliphatic imine (C=N–C) groups is 1. The number of nitrogens with zero attached hydrogens (tertiary/aromatic N) is 4. The van der Waals surface area contributed by atoms with Gasteiger partial charge in [-0.3, -0.25) is 10.5 Å². The predicted octanol–water partition coefficient (Wildman–Crippen LogP) is 0.338. The van der Waals surface area contributed by atoms with Crippen LogP contribution in [0.2, 0.25) is 0 Å². The van der Waals surface area contributed by atoms with Gasteiger partial charge in [0.2, 0.25) is 10.0 Å². The third-order valence-electron chi connectivity index (χ3n) is 3.82. The number of hydrogen-bond acceptors (Lipinski definition) is 7. The van der Waals surface area contributed by atoms with Crippen LogP contribution < -0.4 is 15.4 Å². The quantitative estimate of drug-likeness (QED) is 0.560. The Bertz CT molecular complexity index is 857. The Hall–Kier alpha value is -2.46. The topological polar surface area (TPSA) is 123 Å². The van der Waals surface area contributed by atoms with Crippen LogP contribution in [0.25, 0.3) is 0 Å². The fraction of sp³-hybridized carbons (Fsp3) is 0.438. The van der Waals surface area contributed by atoms with E-state index in [0.717, 1.165) is 25.0 Å². The second-order valence-electron chi connectivity index (χ2n) is 5.72. The smallest absolute Gasteiger partial charge is 0.321 e. The summed E-state index contributed by atoms with van der Waals surface area (Å²) in [4.78, 5) is 6.55. The predicted molar refractivity (Wildman–Crippen MR) is 105 cm³/mol. The number of rotatable bonds is 8. The molecule has 0 fully saturated rings. The normalized spacial score (nSPS) is 15.8. The van der Waals surface area contributed by atoms with Crippen molar-refractivity contribution < 1.29 is 18.2 Å². The third-order valence-corrected chi connectivity index (χ3v) is 4.41. The molecule has 0 bridgehead atoms. The molecule has 2 rings (SSSR count). The highest BCUT2D eigenvalue weighted by molar-refractivity contribution is 7.92. The van der Waals surface area contributed by atoms with Crippen molar-refractivity contribution in [2.75, 3.05) is 42.1 Å². The van der Waals surface area contributed by atoms with Gasteiger partial charge >= 0.3 is 5.84 Å². The highest BCUT2D eigenvalue weighted by atomic mass is 32.2. The van der Waals surface area contributed by atoms with Crippen molar-refractivity contribution in [2.24, 2.45) is 15.8 Å². The molecular formula is C16H25N6O3S+. The summed E-state index contributed by atoms with van der Waals surface area (Å²) in [6.07, 6.45) is 2.57. The number of hydrazone groups is 1. The summed E-state index contributed by atoms with van der Waals surface area (Å²) in [5, 5.41) is 13.1. The van der Waals surface area contributed by atoms with E-state index in [1.54, 1.807) is 12.1 Å². The first-order valence-electron chi connectivity index (χ1n) is 8.29. The number of anilines is 2. The molecule has 0 atom stereocenters. The molecule has 10 heteroatoms. The molecule has 1 aliphatic heterocycles. The highest BCUT2D eigenvalue weighted by Crippen LogP contribution is 2.31. The van der Waals surface area contributed by atoms with Gasteiger partial charge in [-0.15, -0.1) is 4.68 Å². The maximum atomic E-state index is 11.7. The minimum Gasteiger partial charge on any atom is -0.392 e. The molecule has 0 spiro atoms. The number of benzene rings is 1. The van der Waals surface area contributed by atoms with Crippen LogP contribution in [0.3, 0.4) is 0 Å². The van der Waals surface area contributed by atoms with Crippen LogP contribution in [-0.4, -0.2) is 68.5 Å². The Morgan fingerprint density at radius 2 is 2.04 bits per heavy atom. The van der Waals surface area contributed by atoms with Crippen LogP contribution >= 0.6 is 0 Å². The number of aliphatic hydroxyl groups excluding tert-OH is 1. The monoisotopic (exact) mass is 381 g/mol. The summed E-state index contributed by atoms with van der Waals surface area (Å²) >= 11 is 0. The van der Waals surface area contributed by atoms with Crippen molar-refractivity contribution in [3.05, 3.63) is 18.2 Å². The molecule has 142 valence electrons. The largest absolute Gasteiger partial charge is 0.392 e. The fourth-order valence-corrected chi connectivity index (χ4v) is 3.13. The minimum absolute atomic E-state index is 0.0925. The van der Waals surface area contributed by atoms with Gasteiger partial charge in [0.25, 0.3) is 0 Å². The Morgan fingerprint density at radius 1 is 1.35 bits per heavy atom. The average Bonchev–Trinajstić information content (AvgIpc) is 2.90. The van der Waals surface area contributed by atoms with Crippen molar-refractivity contribution in [3.63, 3.8) is 0 Å². The second kappa shape index (κ2) is 8.28. The summed E-state index contributed by atoms with van der Waals surface area (Å²) in [5.74, 6) is 0.303. The van der Waals surface area contributed by atoms with Gasteiger partial charge in [0.15, 0.2) is 5.71 Å². The minimum atomic E-state index is -3.48.